The summed E-state index contributed by atoms with van der Waals surface area (Å²) in [6.07, 6.45) is 3.71. The highest BCUT2D eigenvalue weighted by molar-refractivity contribution is 5.72. The van der Waals surface area contributed by atoms with Crippen LogP contribution in [0.4, 0.5) is 0 Å². The Morgan fingerprint density at radius 3 is 2.29 bits per heavy atom. The minimum absolute atomic E-state index is 0.370. The van der Waals surface area contributed by atoms with Gasteiger partial charge >= 0.3 is 5.97 Å². The first-order chi connectivity index (χ1) is 6.52. The quantitative estimate of drug-likeness (QED) is 0.729. The van der Waals surface area contributed by atoms with Crippen molar-refractivity contribution >= 4 is 5.97 Å². The lowest BCUT2D eigenvalue weighted by Gasteiger charge is -2.36. The monoisotopic (exact) mass is 199 g/mol. The maximum Gasteiger partial charge on any atom is 0.320 e. The molecule has 0 heterocycles. The molecule has 3 heteroatoms. The summed E-state index contributed by atoms with van der Waals surface area (Å²) in [7, 11) is 0. The van der Waals surface area contributed by atoms with E-state index in [-0.39, 0.29) is 0 Å². The van der Waals surface area contributed by atoms with Gasteiger partial charge in [-0.25, -0.2) is 0 Å². The van der Waals surface area contributed by atoms with Gasteiger partial charge < -0.3 is 10.4 Å². The van der Waals surface area contributed by atoms with Crippen molar-refractivity contribution in [3.05, 3.63) is 0 Å². The molecule has 0 aromatic heterocycles. The van der Waals surface area contributed by atoms with Crippen molar-refractivity contribution in [2.24, 2.45) is 11.8 Å². The van der Waals surface area contributed by atoms with Gasteiger partial charge in [0.2, 0.25) is 0 Å². The minimum atomic E-state index is -0.755. The Morgan fingerprint density at radius 1 is 1.36 bits per heavy atom. The summed E-state index contributed by atoms with van der Waals surface area (Å²) in [6, 6.07) is -0.0575. The van der Waals surface area contributed by atoms with Crippen LogP contribution in [0, 0.1) is 11.8 Å². The van der Waals surface area contributed by atoms with Crippen molar-refractivity contribution in [1.29, 1.82) is 0 Å². The van der Waals surface area contributed by atoms with Crippen LogP contribution in [0.2, 0.25) is 0 Å². The molecule has 14 heavy (non-hydrogen) atoms. The molecule has 1 rings (SSSR count). The topological polar surface area (TPSA) is 49.3 Å². The Bertz CT molecular complexity index is 195. The predicted octanol–water partition coefficient (Wildman–Crippen LogP) is 1.87. The van der Waals surface area contributed by atoms with Gasteiger partial charge in [-0.15, -0.1) is 0 Å². The van der Waals surface area contributed by atoms with Crippen LogP contribution < -0.4 is 5.32 Å². The van der Waals surface area contributed by atoms with Gasteiger partial charge in [0.25, 0.3) is 0 Å². The average molecular weight is 199 g/mol. The molecule has 1 aliphatic rings. The van der Waals surface area contributed by atoms with Crippen molar-refractivity contribution in [3.8, 4) is 0 Å². The zero-order valence-corrected chi connectivity index (χ0v) is 9.29. The summed E-state index contributed by atoms with van der Waals surface area (Å²) in [6.45, 7) is 6.14. The summed E-state index contributed by atoms with van der Waals surface area (Å²) in [5.41, 5.74) is 0. The van der Waals surface area contributed by atoms with Crippen LogP contribution in [0.3, 0.4) is 0 Å². The Morgan fingerprint density at radius 2 is 1.86 bits per heavy atom. The molecule has 82 valence electrons. The zero-order valence-electron chi connectivity index (χ0n) is 9.29. The van der Waals surface area contributed by atoms with Crippen molar-refractivity contribution in [3.63, 3.8) is 0 Å². The lowest BCUT2D eigenvalue weighted by Crippen LogP contribution is -2.49. The average Bonchev–Trinajstić information content (AvgIpc) is 2.11. The number of nitrogens with one attached hydrogen (secondary N) is 1. The molecule has 0 saturated heterocycles. The normalized spacial score (nSPS) is 35.2. The summed E-state index contributed by atoms with van der Waals surface area (Å²) in [5, 5.41) is 12.0. The molecule has 1 saturated carbocycles. The molecule has 0 spiro atoms. The second-order valence-electron chi connectivity index (χ2n) is 4.64. The maximum atomic E-state index is 10.7. The van der Waals surface area contributed by atoms with Crippen LogP contribution in [0.15, 0.2) is 0 Å². The second kappa shape index (κ2) is 4.78. The van der Waals surface area contributed by atoms with Gasteiger partial charge in [0, 0.05) is 6.04 Å². The summed E-state index contributed by atoms with van der Waals surface area (Å²) in [4.78, 5) is 10.7. The molecule has 0 aliphatic heterocycles. The number of carboxylic acid groups (broad SMARTS) is 1. The molecule has 0 radical (unpaired) electrons. The van der Waals surface area contributed by atoms with E-state index in [0.717, 1.165) is 0 Å². The number of hydrogen-bond donors (Lipinski definition) is 2. The molecule has 2 unspecified atom stereocenters. The van der Waals surface area contributed by atoms with Crippen molar-refractivity contribution < 1.29 is 9.90 Å². The molecule has 0 aromatic rings. The van der Waals surface area contributed by atoms with Gasteiger partial charge in [0.05, 0.1) is 0 Å². The van der Waals surface area contributed by atoms with Gasteiger partial charge in [0.15, 0.2) is 0 Å². The van der Waals surface area contributed by atoms with Crippen LogP contribution >= 0.6 is 0 Å². The van der Waals surface area contributed by atoms with E-state index < -0.39 is 12.0 Å². The molecular formula is C11H21NO2. The van der Waals surface area contributed by atoms with E-state index in [1.807, 2.05) is 0 Å². The van der Waals surface area contributed by atoms with E-state index in [0.29, 0.717) is 17.9 Å². The number of aliphatic carboxylic acids is 1. The summed E-state index contributed by atoms with van der Waals surface area (Å²) in [5.74, 6) is 0.441. The minimum Gasteiger partial charge on any atom is -0.480 e. The third-order valence-electron chi connectivity index (χ3n) is 3.36. The Kier molecular flexibility index (Phi) is 3.93. The summed E-state index contributed by atoms with van der Waals surface area (Å²) >= 11 is 0. The third kappa shape index (κ3) is 2.71. The number of rotatable bonds is 3. The fourth-order valence-electron chi connectivity index (χ4n) is 2.37. The van der Waals surface area contributed by atoms with Crippen molar-refractivity contribution in [2.45, 2.75) is 52.1 Å². The maximum absolute atomic E-state index is 10.7. The van der Waals surface area contributed by atoms with Crippen molar-refractivity contribution in [1.82, 2.24) is 5.32 Å². The zero-order chi connectivity index (χ0) is 10.7. The summed E-state index contributed by atoms with van der Waals surface area (Å²) < 4.78 is 0. The SMILES string of the molecule is CC1CCCC(C)C1N[C@@H](C)C(=O)O. The smallest absolute Gasteiger partial charge is 0.320 e. The van der Waals surface area contributed by atoms with Gasteiger partial charge in [0.1, 0.15) is 6.04 Å². The Labute approximate surface area is 85.9 Å². The molecule has 3 nitrogen and oxygen atoms in total. The van der Waals surface area contributed by atoms with Gasteiger partial charge in [-0.2, -0.15) is 0 Å². The number of carboxylic acids is 1. The second-order valence-corrected chi connectivity index (χ2v) is 4.64. The molecule has 0 amide bonds. The Balaban J connectivity index is 2.51. The fraction of sp³-hybridized carbons (Fsp3) is 0.909. The first-order valence-corrected chi connectivity index (χ1v) is 5.51. The first kappa shape index (κ1) is 11.5. The largest absolute Gasteiger partial charge is 0.480 e. The van der Waals surface area contributed by atoms with Gasteiger partial charge in [-0.05, 0) is 31.6 Å². The van der Waals surface area contributed by atoms with E-state index in [1.54, 1.807) is 6.92 Å². The highest BCUT2D eigenvalue weighted by Crippen LogP contribution is 2.28. The standard InChI is InChI=1S/C11H21NO2/c1-7-5-4-6-8(2)10(7)12-9(3)11(13)14/h7-10,12H,4-6H2,1-3H3,(H,13,14)/t7?,8?,9-,10?/m0/s1. The van der Waals surface area contributed by atoms with E-state index in [4.69, 9.17) is 5.11 Å². The molecule has 0 bridgehead atoms. The third-order valence-corrected chi connectivity index (χ3v) is 3.36. The lowest BCUT2D eigenvalue weighted by atomic mass is 9.78. The highest BCUT2D eigenvalue weighted by Gasteiger charge is 2.29. The van der Waals surface area contributed by atoms with Crippen LogP contribution in [-0.4, -0.2) is 23.2 Å². The highest BCUT2D eigenvalue weighted by atomic mass is 16.4. The number of carbonyl (C=O) groups is 1. The van der Waals surface area contributed by atoms with Gasteiger partial charge in [-0.1, -0.05) is 20.3 Å². The van der Waals surface area contributed by atoms with Crippen LogP contribution in [0.25, 0.3) is 0 Å². The predicted molar refractivity (Wildman–Crippen MR) is 56.2 cm³/mol. The first-order valence-electron chi connectivity index (χ1n) is 5.51. The molecule has 3 atom stereocenters. The molecule has 0 aromatic carbocycles. The van der Waals surface area contributed by atoms with Gasteiger partial charge in [-0.3, -0.25) is 4.79 Å². The number of hydrogen-bond acceptors (Lipinski definition) is 2. The van der Waals surface area contributed by atoms with Crippen molar-refractivity contribution in [2.75, 3.05) is 0 Å². The fourth-order valence-corrected chi connectivity index (χ4v) is 2.37. The molecule has 1 fully saturated rings. The van der Waals surface area contributed by atoms with Crippen LogP contribution in [0.5, 0.6) is 0 Å². The molecule has 2 N–H and O–H groups in total. The molecular weight excluding hydrogens is 178 g/mol. The Hall–Kier alpha value is -0.570. The van der Waals surface area contributed by atoms with Crippen LogP contribution in [-0.2, 0) is 4.79 Å². The van der Waals surface area contributed by atoms with E-state index >= 15 is 0 Å². The van der Waals surface area contributed by atoms with E-state index in [9.17, 15) is 4.79 Å². The lowest BCUT2D eigenvalue weighted by molar-refractivity contribution is -0.139. The van der Waals surface area contributed by atoms with Crippen LogP contribution in [0.1, 0.15) is 40.0 Å². The van der Waals surface area contributed by atoms with E-state index in [1.165, 1.54) is 19.3 Å². The van der Waals surface area contributed by atoms with E-state index in [2.05, 4.69) is 19.2 Å². The molecule has 1 aliphatic carbocycles.